The van der Waals surface area contributed by atoms with Crippen LogP contribution < -0.4 is 5.32 Å². The molecule has 0 saturated carbocycles. The number of likely N-dealkylation sites (tertiary alicyclic amines) is 1. The molecule has 2 heterocycles. The number of aryl methyl sites for hydroxylation is 1. The van der Waals surface area contributed by atoms with Gasteiger partial charge in [-0.05, 0) is 43.4 Å². The van der Waals surface area contributed by atoms with Gasteiger partial charge < -0.3 is 15.1 Å². The Bertz CT molecular complexity index is 724. The number of unbranched alkanes of at least 4 members (excludes halogenated alkanes) is 1. The summed E-state index contributed by atoms with van der Waals surface area (Å²) >= 11 is 1.88. The van der Waals surface area contributed by atoms with Crippen LogP contribution in [0.1, 0.15) is 49.8 Å². The predicted octanol–water partition coefficient (Wildman–Crippen LogP) is 3.97. The number of halogens is 1. The summed E-state index contributed by atoms with van der Waals surface area (Å²) in [5, 5.41) is 3.00. The molecule has 0 spiro atoms. The summed E-state index contributed by atoms with van der Waals surface area (Å²) < 4.78 is 13.8. The minimum atomic E-state index is -0.237. The first-order valence-corrected chi connectivity index (χ1v) is 11.8. The zero-order chi connectivity index (χ0) is 20.8. The summed E-state index contributed by atoms with van der Waals surface area (Å²) in [6.45, 7) is 6.47. The van der Waals surface area contributed by atoms with Crippen molar-refractivity contribution in [1.82, 2.24) is 15.1 Å². The second-order valence-electron chi connectivity index (χ2n) is 7.97. The van der Waals surface area contributed by atoms with Crippen molar-refractivity contribution in [2.75, 3.05) is 37.7 Å². The van der Waals surface area contributed by atoms with Gasteiger partial charge in [-0.15, -0.1) is 0 Å². The van der Waals surface area contributed by atoms with Crippen molar-refractivity contribution < 1.29 is 14.0 Å². The lowest BCUT2D eigenvalue weighted by molar-refractivity contribution is -0.137. The van der Waals surface area contributed by atoms with Gasteiger partial charge >= 0.3 is 6.03 Å². The van der Waals surface area contributed by atoms with Gasteiger partial charge in [0.2, 0.25) is 5.91 Å². The fourth-order valence-electron chi connectivity index (χ4n) is 4.13. The lowest BCUT2D eigenvalue weighted by Gasteiger charge is -2.41. The van der Waals surface area contributed by atoms with Crippen LogP contribution in [0.3, 0.4) is 0 Å². The average Bonchev–Trinajstić information content (AvgIpc) is 2.75. The summed E-state index contributed by atoms with van der Waals surface area (Å²) in [6, 6.07) is 4.81. The Hall–Kier alpha value is -1.76. The minimum Gasteiger partial charge on any atom is -0.341 e. The molecule has 3 rings (SSSR count). The Balaban J connectivity index is 1.76. The smallest absolute Gasteiger partial charge is 0.317 e. The maximum Gasteiger partial charge on any atom is 0.317 e. The topological polar surface area (TPSA) is 52.7 Å². The summed E-state index contributed by atoms with van der Waals surface area (Å²) in [7, 11) is 0. The number of urea groups is 1. The predicted molar refractivity (Wildman–Crippen MR) is 116 cm³/mol. The number of hydrogen-bond acceptors (Lipinski definition) is 3. The maximum absolute atomic E-state index is 13.8. The third kappa shape index (κ3) is 5.44. The van der Waals surface area contributed by atoms with E-state index in [1.54, 1.807) is 17.9 Å². The molecule has 0 aromatic heterocycles. The van der Waals surface area contributed by atoms with Crippen molar-refractivity contribution in [3.8, 4) is 0 Å². The average molecular weight is 422 g/mol. The molecule has 1 aromatic rings. The highest BCUT2D eigenvalue weighted by Gasteiger charge is 2.37. The van der Waals surface area contributed by atoms with E-state index in [1.807, 2.05) is 22.7 Å². The first-order chi connectivity index (χ1) is 14.0. The van der Waals surface area contributed by atoms with Gasteiger partial charge in [0, 0.05) is 37.7 Å². The molecule has 0 aliphatic carbocycles. The van der Waals surface area contributed by atoms with Gasteiger partial charge in [-0.25, -0.2) is 9.18 Å². The second-order valence-corrected chi connectivity index (χ2v) is 9.20. The van der Waals surface area contributed by atoms with Gasteiger partial charge in [0.15, 0.2) is 0 Å². The van der Waals surface area contributed by atoms with Crippen LogP contribution in [0.15, 0.2) is 18.2 Å². The molecule has 2 fully saturated rings. The number of nitrogens with one attached hydrogen (secondary N) is 1. The van der Waals surface area contributed by atoms with Crippen LogP contribution in [-0.4, -0.2) is 59.4 Å². The van der Waals surface area contributed by atoms with Crippen LogP contribution in [-0.2, 0) is 4.79 Å². The molecule has 2 aliphatic rings. The highest BCUT2D eigenvalue weighted by molar-refractivity contribution is 7.99. The van der Waals surface area contributed by atoms with E-state index in [-0.39, 0.29) is 29.7 Å². The van der Waals surface area contributed by atoms with Crippen LogP contribution in [0.2, 0.25) is 0 Å². The van der Waals surface area contributed by atoms with E-state index < -0.39 is 0 Å². The monoisotopic (exact) mass is 421 g/mol. The summed E-state index contributed by atoms with van der Waals surface area (Å²) in [5.74, 6) is 1.74. The zero-order valence-corrected chi connectivity index (χ0v) is 18.3. The first-order valence-electron chi connectivity index (χ1n) is 10.7. The summed E-state index contributed by atoms with van der Waals surface area (Å²) in [4.78, 5) is 29.8. The molecule has 0 radical (unpaired) electrons. The van der Waals surface area contributed by atoms with Gasteiger partial charge in [-0.2, -0.15) is 11.8 Å². The number of hydrogen-bond donors (Lipinski definition) is 1. The normalized spacial score (nSPS) is 22.4. The number of benzene rings is 1. The minimum absolute atomic E-state index is 0.128. The fraction of sp³-hybridized carbons (Fsp3) is 0.636. The van der Waals surface area contributed by atoms with Gasteiger partial charge in [0.1, 0.15) is 5.82 Å². The molecule has 7 heteroatoms. The van der Waals surface area contributed by atoms with Gasteiger partial charge in [-0.3, -0.25) is 4.79 Å². The van der Waals surface area contributed by atoms with Crippen LogP contribution in [0, 0.1) is 18.7 Å². The van der Waals surface area contributed by atoms with E-state index >= 15 is 0 Å². The molecular formula is C22H32FN3O2S. The largest absolute Gasteiger partial charge is 0.341 e. The Labute approximate surface area is 177 Å². The quantitative estimate of drug-likeness (QED) is 0.732. The standard InChI is InChI=1S/C22H32FN3O2S/c1-3-4-9-24-22(28)26-15-18(21(27)25-10-12-29-13-11-25)6-8-20(26)17-5-7-19(23)16(2)14-17/h5,7,14,18,20H,3-4,6,8-13,15H2,1-2H3,(H,24,28). The van der Waals surface area contributed by atoms with E-state index in [4.69, 9.17) is 0 Å². The van der Waals surface area contributed by atoms with Crippen LogP contribution in [0.25, 0.3) is 0 Å². The molecule has 2 atom stereocenters. The molecule has 1 N–H and O–H groups in total. The number of nitrogens with zero attached hydrogens (tertiary/aromatic N) is 2. The third-order valence-electron chi connectivity index (χ3n) is 5.89. The maximum atomic E-state index is 13.8. The van der Waals surface area contributed by atoms with E-state index in [2.05, 4.69) is 12.2 Å². The van der Waals surface area contributed by atoms with Crippen LogP contribution >= 0.6 is 11.8 Å². The van der Waals surface area contributed by atoms with Crippen molar-refractivity contribution in [3.63, 3.8) is 0 Å². The molecular weight excluding hydrogens is 389 g/mol. The Kier molecular flexibility index (Phi) is 7.81. The van der Waals surface area contributed by atoms with Crippen molar-refractivity contribution in [2.24, 2.45) is 5.92 Å². The molecule has 2 saturated heterocycles. The number of piperidine rings is 1. The molecule has 160 valence electrons. The van der Waals surface area contributed by atoms with Gasteiger partial charge in [0.05, 0.1) is 12.0 Å². The number of thioether (sulfide) groups is 1. The third-order valence-corrected chi connectivity index (χ3v) is 6.83. The second kappa shape index (κ2) is 10.3. The first kappa shape index (κ1) is 21.9. The number of rotatable bonds is 5. The van der Waals surface area contributed by atoms with Gasteiger partial charge in [-0.1, -0.05) is 25.5 Å². The Morgan fingerprint density at radius 1 is 1.24 bits per heavy atom. The van der Waals surface area contributed by atoms with Gasteiger partial charge in [0.25, 0.3) is 0 Å². The van der Waals surface area contributed by atoms with Crippen molar-refractivity contribution in [3.05, 3.63) is 35.1 Å². The number of carbonyl (C=O) groups is 2. The van der Waals surface area contributed by atoms with E-state index in [1.165, 1.54) is 6.07 Å². The molecule has 2 aliphatic heterocycles. The lowest BCUT2D eigenvalue weighted by Crippen LogP contribution is -2.52. The van der Waals surface area contributed by atoms with Crippen LogP contribution in [0.5, 0.6) is 0 Å². The zero-order valence-electron chi connectivity index (χ0n) is 17.5. The Morgan fingerprint density at radius 3 is 2.69 bits per heavy atom. The summed E-state index contributed by atoms with van der Waals surface area (Å²) in [6.07, 6.45) is 3.40. The summed E-state index contributed by atoms with van der Waals surface area (Å²) in [5.41, 5.74) is 1.52. The lowest BCUT2D eigenvalue weighted by atomic mass is 9.87. The fourth-order valence-corrected chi connectivity index (χ4v) is 5.04. The SMILES string of the molecule is CCCCNC(=O)N1CC(C(=O)N2CCSCC2)CCC1c1ccc(F)c(C)c1. The van der Waals surface area contributed by atoms with Crippen molar-refractivity contribution in [1.29, 1.82) is 0 Å². The molecule has 2 unspecified atom stereocenters. The highest BCUT2D eigenvalue weighted by atomic mass is 32.2. The van der Waals surface area contributed by atoms with Crippen molar-refractivity contribution in [2.45, 2.75) is 45.6 Å². The molecule has 1 aromatic carbocycles. The highest BCUT2D eigenvalue weighted by Crippen LogP contribution is 2.35. The van der Waals surface area contributed by atoms with Crippen LogP contribution in [0.4, 0.5) is 9.18 Å². The number of amides is 3. The van der Waals surface area contributed by atoms with E-state index in [0.717, 1.165) is 49.4 Å². The molecule has 3 amide bonds. The molecule has 29 heavy (non-hydrogen) atoms. The number of carbonyl (C=O) groups excluding carboxylic acids is 2. The molecule has 0 bridgehead atoms. The van der Waals surface area contributed by atoms with E-state index in [0.29, 0.717) is 25.1 Å². The van der Waals surface area contributed by atoms with E-state index in [9.17, 15) is 14.0 Å². The Morgan fingerprint density at radius 2 is 2.00 bits per heavy atom. The van der Waals surface area contributed by atoms with Crippen molar-refractivity contribution >= 4 is 23.7 Å². The molecule has 5 nitrogen and oxygen atoms in total.